The Balaban J connectivity index is 2.85. The zero-order chi connectivity index (χ0) is 12.3. The normalized spacial score (nSPS) is 11.6. The van der Waals surface area contributed by atoms with Gasteiger partial charge < -0.3 is 5.32 Å². The molecule has 16 heavy (non-hydrogen) atoms. The van der Waals surface area contributed by atoms with E-state index in [9.17, 15) is 9.18 Å². The van der Waals surface area contributed by atoms with Gasteiger partial charge in [-0.25, -0.2) is 4.39 Å². The predicted molar refractivity (Wildman–Crippen MR) is 63.3 cm³/mol. The molecule has 0 bridgehead atoms. The second-order valence-electron chi connectivity index (χ2n) is 4.21. The van der Waals surface area contributed by atoms with Gasteiger partial charge in [0.05, 0.1) is 5.54 Å². The molecule has 0 atom stereocenters. The molecule has 0 aliphatic heterocycles. The molecule has 0 aliphatic carbocycles. The van der Waals surface area contributed by atoms with Crippen molar-refractivity contribution < 1.29 is 9.18 Å². The van der Waals surface area contributed by atoms with Gasteiger partial charge in [0.15, 0.2) is 5.78 Å². The van der Waals surface area contributed by atoms with Crippen LogP contribution in [-0.4, -0.2) is 18.4 Å². The number of carbonyl (C=O) groups excluding carboxylic acids is 1. The Kier molecular flexibility index (Phi) is 4.05. The third-order valence-corrected chi connectivity index (χ3v) is 3.04. The van der Waals surface area contributed by atoms with E-state index < -0.39 is 11.4 Å². The Morgan fingerprint density at radius 2 is 2.12 bits per heavy atom. The van der Waals surface area contributed by atoms with Crippen molar-refractivity contribution in [3.63, 3.8) is 0 Å². The standard InChI is InChI=1S/C12H15ClFNO/c1-12(2,15-3)11(16)6-8-4-5-9(14)7-10(8)13/h4-5,7,15H,6H2,1-3H3. The molecule has 2 nitrogen and oxygen atoms in total. The third kappa shape index (κ3) is 3.03. The lowest BCUT2D eigenvalue weighted by atomic mass is 9.94. The van der Waals surface area contributed by atoms with Gasteiger partial charge in [-0.3, -0.25) is 4.79 Å². The topological polar surface area (TPSA) is 29.1 Å². The molecule has 0 radical (unpaired) electrons. The highest BCUT2D eigenvalue weighted by atomic mass is 35.5. The molecule has 1 rings (SSSR count). The maximum atomic E-state index is 12.8. The number of hydrogen-bond donors (Lipinski definition) is 1. The van der Waals surface area contributed by atoms with Crippen LogP contribution in [-0.2, 0) is 11.2 Å². The van der Waals surface area contributed by atoms with Crippen molar-refractivity contribution >= 4 is 17.4 Å². The number of Topliss-reactive ketones (excluding diaryl/α,β-unsaturated/α-hetero) is 1. The summed E-state index contributed by atoms with van der Waals surface area (Å²) in [6.07, 6.45) is 0.201. The highest BCUT2D eigenvalue weighted by Crippen LogP contribution is 2.19. The van der Waals surface area contributed by atoms with E-state index in [4.69, 9.17) is 11.6 Å². The molecule has 88 valence electrons. The summed E-state index contributed by atoms with van der Waals surface area (Å²) in [4.78, 5) is 11.9. The monoisotopic (exact) mass is 243 g/mol. The van der Waals surface area contributed by atoms with Gasteiger partial charge in [0.25, 0.3) is 0 Å². The Morgan fingerprint density at radius 3 is 2.62 bits per heavy atom. The third-order valence-electron chi connectivity index (χ3n) is 2.69. The van der Waals surface area contributed by atoms with E-state index in [1.54, 1.807) is 27.0 Å². The van der Waals surface area contributed by atoms with Crippen LogP contribution in [0.3, 0.4) is 0 Å². The summed E-state index contributed by atoms with van der Waals surface area (Å²) in [5, 5.41) is 3.22. The average molecular weight is 244 g/mol. The van der Waals surface area contributed by atoms with E-state index in [1.807, 2.05) is 0 Å². The molecule has 1 N–H and O–H groups in total. The molecule has 4 heteroatoms. The van der Waals surface area contributed by atoms with Gasteiger partial charge in [0.1, 0.15) is 5.82 Å². The fourth-order valence-corrected chi connectivity index (χ4v) is 1.43. The summed E-state index contributed by atoms with van der Waals surface area (Å²) >= 11 is 5.85. The van der Waals surface area contributed by atoms with Gasteiger partial charge in [-0.1, -0.05) is 17.7 Å². The van der Waals surface area contributed by atoms with Crippen molar-refractivity contribution in [3.8, 4) is 0 Å². The van der Waals surface area contributed by atoms with Crippen LogP contribution in [0.4, 0.5) is 4.39 Å². The Bertz CT molecular complexity index is 404. The molecule has 0 amide bonds. The Hall–Kier alpha value is -0.930. The lowest BCUT2D eigenvalue weighted by Crippen LogP contribution is -2.45. The van der Waals surface area contributed by atoms with Crippen LogP contribution in [0.2, 0.25) is 5.02 Å². The first-order valence-electron chi connectivity index (χ1n) is 5.03. The Morgan fingerprint density at radius 1 is 1.50 bits per heavy atom. The summed E-state index contributed by atoms with van der Waals surface area (Å²) in [6, 6.07) is 4.07. The fourth-order valence-electron chi connectivity index (χ4n) is 1.20. The number of carbonyl (C=O) groups is 1. The van der Waals surface area contributed by atoms with E-state index >= 15 is 0 Å². The van der Waals surface area contributed by atoms with Crippen molar-refractivity contribution in [2.24, 2.45) is 0 Å². The lowest BCUT2D eigenvalue weighted by molar-refractivity contribution is -0.123. The molecule has 0 saturated heterocycles. The highest BCUT2D eigenvalue weighted by Gasteiger charge is 2.25. The minimum absolute atomic E-state index is 0.0171. The molecule has 0 spiro atoms. The van der Waals surface area contributed by atoms with E-state index in [-0.39, 0.29) is 12.2 Å². The largest absolute Gasteiger partial charge is 0.308 e. The van der Waals surface area contributed by atoms with Crippen LogP contribution in [0.25, 0.3) is 0 Å². The van der Waals surface area contributed by atoms with Gasteiger partial charge in [0, 0.05) is 11.4 Å². The molecular weight excluding hydrogens is 229 g/mol. The number of nitrogens with one attached hydrogen (secondary N) is 1. The van der Waals surface area contributed by atoms with Crippen LogP contribution in [0, 0.1) is 5.82 Å². The van der Waals surface area contributed by atoms with Gasteiger partial charge >= 0.3 is 0 Å². The van der Waals surface area contributed by atoms with Crippen LogP contribution in [0.15, 0.2) is 18.2 Å². The van der Waals surface area contributed by atoms with Gasteiger partial charge in [-0.2, -0.15) is 0 Å². The average Bonchev–Trinajstić information content (AvgIpc) is 2.22. The molecule has 0 saturated carbocycles. The number of ketones is 1. The molecule has 1 aromatic rings. The molecule has 0 heterocycles. The van der Waals surface area contributed by atoms with E-state index in [0.717, 1.165) is 0 Å². The molecule has 1 aromatic carbocycles. The maximum absolute atomic E-state index is 12.8. The number of hydrogen-bond acceptors (Lipinski definition) is 2. The molecule has 0 unspecified atom stereocenters. The van der Waals surface area contributed by atoms with Crippen LogP contribution in [0.5, 0.6) is 0 Å². The van der Waals surface area contributed by atoms with Crippen molar-refractivity contribution in [1.82, 2.24) is 5.32 Å². The lowest BCUT2D eigenvalue weighted by Gasteiger charge is -2.22. The van der Waals surface area contributed by atoms with Gasteiger partial charge in [-0.05, 0) is 38.6 Å². The Labute approximate surface area is 99.8 Å². The van der Waals surface area contributed by atoms with Crippen molar-refractivity contribution in [2.75, 3.05) is 7.05 Å². The quantitative estimate of drug-likeness (QED) is 0.881. The zero-order valence-electron chi connectivity index (χ0n) is 9.60. The molecular formula is C12H15ClFNO. The second kappa shape index (κ2) is 4.93. The van der Waals surface area contributed by atoms with Crippen molar-refractivity contribution in [3.05, 3.63) is 34.6 Å². The molecule has 0 aliphatic rings. The summed E-state index contributed by atoms with van der Waals surface area (Å²) < 4.78 is 12.8. The second-order valence-corrected chi connectivity index (χ2v) is 4.62. The van der Waals surface area contributed by atoms with Gasteiger partial charge in [0.2, 0.25) is 0 Å². The maximum Gasteiger partial charge on any atom is 0.156 e. The van der Waals surface area contributed by atoms with Crippen LogP contribution < -0.4 is 5.32 Å². The van der Waals surface area contributed by atoms with Crippen molar-refractivity contribution in [2.45, 2.75) is 25.8 Å². The first kappa shape index (κ1) is 13.1. The zero-order valence-corrected chi connectivity index (χ0v) is 10.4. The summed E-state index contributed by atoms with van der Waals surface area (Å²) in [5.41, 5.74) is 0.0499. The SMILES string of the molecule is CNC(C)(C)C(=O)Cc1ccc(F)cc1Cl. The minimum atomic E-state index is -0.599. The number of likely N-dealkylation sites (N-methyl/N-ethyl adjacent to an activating group) is 1. The number of benzene rings is 1. The predicted octanol–water partition coefficient (Wildman–Crippen LogP) is 2.59. The summed E-state index contributed by atoms with van der Waals surface area (Å²) in [5.74, 6) is -0.377. The summed E-state index contributed by atoms with van der Waals surface area (Å²) in [7, 11) is 1.73. The van der Waals surface area contributed by atoms with E-state index in [1.165, 1.54) is 12.1 Å². The van der Waals surface area contributed by atoms with Gasteiger partial charge in [-0.15, -0.1) is 0 Å². The van der Waals surface area contributed by atoms with E-state index in [2.05, 4.69) is 5.32 Å². The minimum Gasteiger partial charge on any atom is -0.308 e. The summed E-state index contributed by atoms with van der Waals surface area (Å²) in [6.45, 7) is 3.60. The molecule has 0 aromatic heterocycles. The molecule has 0 fully saturated rings. The fraction of sp³-hybridized carbons (Fsp3) is 0.417. The number of rotatable bonds is 4. The van der Waals surface area contributed by atoms with E-state index in [0.29, 0.717) is 10.6 Å². The van der Waals surface area contributed by atoms with Crippen LogP contribution >= 0.6 is 11.6 Å². The first-order chi connectivity index (χ1) is 7.36. The van der Waals surface area contributed by atoms with Crippen LogP contribution in [0.1, 0.15) is 19.4 Å². The highest BCUT2D eigenvalue weighted by molar-refractivity contribution is 6.31. The van der Waals surface area contributed by atoms with Crippen molar-refractivity contribution in [1.29, 1.82) is 0 Å². The number of halogens is 2. The first-order valence-corrected chi connectivity index (χ1v) is 5.41. The smallest absolute Gasteiger partial charge is 0.156 e.